The van der Waals surface area contributed by atoms with Crippen LogP contribution in [0.25, 0.3) is 5.78 Å². The highest BCUT2D eigenvalue weighted by Gasteiger charge is 2.19. The van der Waals surface area contributed by atoms with Crippen LogP contribution in [0.3, 0.4) is 0 Å². The molecule has 0 aromatic carbocycles. The van der Waals surface area contributed by atoms with Crippen molar-refractivity contribution < 1.29 is 19.1 Å². The number of amides is 1. The van der Waals surface area contributed by atoms with Crippen molar-refractivity contribution in [2.75, 3.05) is 0 Å². The number of nitrogens with zero attached hydrogens (tertiary/aromatic N) is 3. The molecule has 8 nitrogen and oxygen atoms in total. The summed E-state index contributed by atoms with van der Waals surface area (Å²) in [6, 6.07) is 1.29. The van der Waals surface area contributed by atoms with Gasteiger partial charge in [-0.1, -0.05) is 11.6 Å². The number of halogens is 1. The maximum Gasteiger partial charge on any atom is 0.331 e. The van der Waals surface area contributed by atoms with Crippen LogP contribution in [0.5, 0.6) is 0 Å². The lowest BCUT2D eigenvalue weighted by Crippen LogP contribution is -2.10. The molecule has 2 heterocycles. The quantitative estimate of drug-likeness (QED) is 0.545. The van der Waals surface area contributed by atoms with Gasteiger partial charge in [0.05, 0.1) is 6.16 Å². The summed E-state index contributed by atoms with van der Waals surface area (Å²) >= 11 is 5.71. The number of hydrogen-bond donors (Lipinski definition) is 3. The molecule has 10 heteroatoms. The third-order valence-electron chi connectivity index (χ3n) is 2.11. The van der Waals surface area contributed by atoms with Gasteiger partial charge in [-0.15, -0.1) is 0 Å². The third kappa shape index (κ3) is 2.68. The van der Waals surface area contributed by atoms with Crippen LogP contribution in [0.1, 0.15) is 16.2 Å². The average molecular weight is 291 g/mol. The van der Waals surface area contributed by atoms with Gasteiger partial charge < -0.3 is 15.5 Å². The van der Waals surface area contributed by atoms with E-state index in [1.807, 2.05) is 0 Å². The molecule has 0 spiro atoms. The molecule has 2 aromatic heterocycles. The molecule has 18 heavy (non-hydrogen) atoms. The molecule has 1 amide bonds. The van der Waals surface area contributed by atoms with E-state index in [2.05, 4.69) is 9.97 Å². The zero-order valence-electron chi connectivity index (χ0n) is 8.82. The van der Waals surface area contributed by atoms with Gasteiger partial charge in [0.1, 0.15) is 10.8 Å². The fourth-order valence-corrected chi connectivity index (χ4v) is 2.31. The highest BCUT2D eigenvalue weighted by atomic mass is 35.5. The maximum atomic E-state index is 11.0. The smallest absolute Gasteiger partial charge is 0.331 e. The molecule has 0 aliphatic carbocycles. The Morgan fingerprint density at radius 2 is 2.17 bits per heavy atom. The summed E-state index contributed by atoms with van der Waals surface area (Å²) in [7, 11) is -4.28. The lowest BCUT2D eigenvalue weighted by molar-refractivity contribution is 0.0996. The van der Waals surface area contributed by atoms with Crippen molar-refractivity contribution in [1.82, 2.24) is 14.4 Å². The molecule has 2 rings (SSSR count). The second kappa shape index (κ2) is 4.33. The predicted molar refractivity (Wildman–Crippen MR) is 62.3 cm³/mol. The van der Waals surface area contributed by atoms with Gasteiger partial charge >= 0.3 is 7.60 Å². The van der Waals surface area contributed by atoms with E-state index in [0.29, 0.717) is 0 Å². The fraction of sp³-hybridized carbons (Fsp3) is 0.125. The van der Waals surface area contributed by atoms with Gasteiger partial charge in [0.2, 0.25) is 5.78 Å². The summed E-state index contributed by atoms with van der Waals surface area (Å²) < 4.78 is 12.3. The van der Waals surface area contributed by atoms with Crippen molar-refractivity contribution in [2.24, 2.45) is 5.73 Å². The van der Waals surface area contributed by atoms with Crippen molar-refractivity contribution in [3.63, 3.8) is 0 Å². The number of nitrogens with two attached hydrogens (primary N) is 1. The fourth-order valence-electron chi connectivity index (χ4n) is 1.45. The summed E-state index contributed by atoms with van der Waals surface area (Å²) in [6.45, 7) is 0. The second-order valence-corrected chi connectivity index (χ2v) is 5.59. The zero-order chi connectivity index (χ0) is 13.5. The van der Waals surface area contributed by atoms with Gasteiger partial charge in [-0.25, -0.2) is 9.97 Å². The number of hydrogen-bond acceptors (Lipinski definition) is 4. The molecule has 0 fully saturated rings. The first-order chi connectivity index (χ1) is 8.26. The Bertz CT molecular complexity index is 679. The van der Waals surface area contributed by atoms with Gasteiger partial charge in [-0.2, -0.15) is 0 Å². The molecule has 0 saturated carbocycles. The van der Waals surface area contributed by atoms with E-state index < -0.39 is 19.7 Å². The van der Waals surface area contributed by atoms with Crippen molar-refractivity contribution >= 4 is 30.9 Å². The highest BCUT2D eigenvalue weighted by Crippen LogP contribution is 2.39. The topological polar surface area (TPSA) is 131 Å². The van der Waals surface area contributed by atoms with E-state index >= 15 is 0 Å². The number of carbonyl (C=O) groups excluding carboxylic acids is 1. The Morgan fingerprint density at radius 3 is 2.72 bits per heavy atom. The molecular weight excluding hydrogens is 283 g/mol. The van der Waals surface area contributed by atoms with Crippen LogP contribution in [-0.2, 0) is 10.7 Å². The van der Waals surface area contributed by atoms with E-state index in [9.17, 15) is 9.36 Å². The second-order valence-electron chi connectivity index (χ2n) is 3.55. The van der Waals surface area contributed by atoms with Crippen molar-refractivity contribution in [3.05, 3.63) is 28.8 Å². The molecule has 0 aliphatic rings. The SMILES string of the molecule is NC(=O)c1cn2c(CP(=O)(O)O)cc(Cl)nc2n1. The Kier molecular flexibility index (Phi) is 3.12. The first-order valence-electron chi connectivity index (χ1n) is 4.65. The summed E-state index contributed by atoms with van der Waals surface area (Å²) in [5, 5.41) is 0.0209. The molecule has 0 atom stereocenters. The molecule has 2 aromatic rings. The number of rotatable bonds is 3. The van der Waals surface area contributed by atoms with Gasteiger partial charge in [0.15, 0.2) is 0 Å². The van der Waals surface area contributed by atoms with Crippen LogP contribution in [0.2, 0.25) is 5.15 Å². The lowest BCUT2D eigenvalue weighted by atomic mass is 10.4. The summed E-state index contributed by atoms with van der Waals surface area (Å²) in [5.74, 6) is -0.710. The van der Waals surface area contributed by atoms with Crippen LogP contribution < -0.4 is 5.73 Å². The Hall–Kier alpha value is -1.47. The van der Waals surface area contributed by atoms with Crippen molar-refractivity contribution in [1.29, 1.82) is 0 Å². The van der Waals surface area contributed by atoms with E-state index in [1.165, 1.54) is 16.7 Å². The average Bonchev–Trinajstić information content (AvgIpc) is 2.58. The predicted octanol–water partition coefficient (Wildman–Crippen LogP) is 0.159. The Labute approximate surface area is 106 Å². The molecule has 0 radical (unpaired) electrons. The molecule has 0 unspecified atom stereocenters. The van der Waals surface area contributed by atoms with Gasteiger partial charge in [-0.05, 0) is 6.07 Å². The number of aromatic nitrogens is 3. The van der Waals surface area contributed by atoms with E-state index in [4.69, 9.17) is 27.1 Å². The van der Waals surface area contributed by atoms with Crippen LogP contribution in [0.4, 0.5) is 0 Å². The normalized spacial score (nSPS) is 11.9. The molecule has 0 aliphatic heterocycles. The summed E-state index contributed by atoms with van der Waals surface area (Å²) in [6.07, 6.45) is 0.715. The number of carbonyl (C=O) groups is 1. The van der Waals surface area contributed by atoms with Crippen molar-refractivity contribution in [3.8, 4) is 0 Å². The monoisotopic (exact) mass is 290 g/mol. The lowest BCUT2D eigenvalue weighted by Gasteiger charge is -2.06. The zero-order valence-corrected chi connectivity index (χ0v) is 10.5. The minimum atomic E-state index is -4.28. The minimum Gasteiger partial charge on any atom is -0.364 e. The largest absolute Gasteiger partial charge is 0.364 e. The van der Waals surface area contributed by atoms with Gasteiger partial charge in [0.25, 0.3) is 5.91 Å². The van der Waals surface area contributed by atoms with E-state index in [0.717, 1.165) is 0 Å². The number of imidazole rings is 1. The van der Waals surface area contributed by atoms with E-state index in [1.54, 1.807) is 0 Å². The van der Waals surface area contributed by atoms with Crippen molar-refractivity contribution in [2.45, 2.75) is 6.16 Å². The Balaban J connectivity index is 2.64. The highest BCUT2D eigenvalue weighted by molar-refractivity contribution is 7.50. The van der Waals surface area contributed by atoms with E-state index in [-0.39, 0.29) is 22.3 Å². The first kappa shape index (κ1) is 13.0. The standard InChI is InChI=1S/C8H8ClN4O4P/c9-6-1-4(3-18(15,16)17)13-2-5(7(10)14)11-8(13)12-6/h1-2H,3H2,(H2,10,14)(H2,15,16,17). The van der Waals surface area contributed by atoms with Gasteiger partial charge in [-0.3, -0.25) is 13.8 Å². The molecule has 0 bridgehead atoms. The molecular formula is C8H8ClN4O4P. The van der Waals surface area contributed by atoms with Crippen LogP contribution in [0.15, 0.2) is 12.3 Å². The maximum absolute atomic E-state index is 11.0. The third-order valence-corrected chi connectivity index (χ3v) is 3.04. The van der Waals surface area contributed by atoms with Crippen LogP contribution in [0, 0.1) is 0 Å². The first-order valence-corrected chi connectivity index (χ1v) is 6.83. The molecule has 96 valence electrons. The van der Waals surface area contributed by atoms with Crippen LogP contribution in [-0.4, -0.2) is 30.1 Å². The van der Waals surface area contributed by atoms with Gasteiger partial charge in [0, 0.05) is 11.9 Å². The summed E-state index contributed by atoms with van der Waals surface area (Å²) in [5.41, 5.74) is 5.20. The summed E-state index contributed by atoms with van der Waals surface area (Å²) in [4.78, 5) is 36.5. The van der Waals surface area contributed by atoms with Crippen LogP contribution >= 0.6 is 19.2 Å². The number of primary amides is 1. The number of fused-ring (bicyclic) bond motifs is 1. The molecule has 0 saturated heterocycles. The Morgan fingerprint density at radius 1 is 1.50 bits per heavy atom. The minimum absolute atomic E-state index is 0.0209. The molecule has 4 N–H and O–H groups in total.